The number of phosphoric acid groups is 2. The molecule has 0 aromatic rings. The van der Waals surface area contributed by atoms with E-state index in [1.165, 1.54) is 161 Å². The summed E-state index contributed by atoms with van der Waals surface area (Å²) < 4.78 is 68.5. The van der Waals surface area contributed by atoms with Crippen molar-refractivity contribution in [3.05, 3.63) is 24.3 Å². The molecular weight excluding hydrogens is 1260 g/mol. The Balaban J connectivity index is 5.29. The molecule has 17 nitrogen and oxygen atoms in total. The molecular formula is C77H146O17P2. The second-order valence-corrected chi connectivity index (χ2v) is 31.2. The molecule has 3 N–H and O–H groups in total. The average molecular weight is 1410 g/mol. The molecule has 19 heteroatoms. The van der Waals surface area contributed by atoms with Gasteiger partial charge < -0.3 is 33.8 Å². The van der Waals surface area contributed by atoms with Crippen molar-refractivity contribution >= 4 is 39.5 Å². The first kappa shape index (κ1) is 93.5. The molecule has 0 bridgehead atoms. The minimum atomic E-state index is -4.97. The maximum Gasteiger partial charge on any atom is 0.472 e. The van der Waals surface area contributed by atoms with Crippen molar-refractivity contribution in [2.24, 2.45) is 17.8 Å². The van der Waals surface area contributed by atoms with Crippen LogP contribution >= 0.6 is 15.6 Å². The largest absolute Gasteiger partial charge is 0.472 e. The van der Waals surface area contributed by atoms with Gasteiger partial charge >= 0.3 is 39.5 Å². The molecule has 0 saturated carbocycles. The Hall–Kier alpha value is -2.46. The minimum absolute atomic E-state index is 0.100. The molecule has 0 radical (unpaired) electrons. The van der Waals surface area contributed by atoms with E-state index in [1.54, 1.807) is 0 Å². The number of aliphatic hydroxyl groups excluding tert-OH is 1. The minimum Gasteiger partial charge on any atom is -0.462 e. The molecule has 0 amide bonds. The Labute approximate surface area is 586 Å². The Morgan fingerprint density at radius 1 is 0.344 bits per heavy atom. The van der Waals surface area contributed by atoms with Gasteiger partial charge in [-0.05, 0) is 69.1 Å². The summed E-state index contributed by atoms with van der Waals surface area (Å²) in [5.74, 6) is 0.144. The molecule has 0 aliphatic carbocycles. The summed E-state index contributed by atoms with van der Waals surface area (Å²) >= 11 is 0. The van der Waals surface area contributed by atoms with Crippen LogP contribution in [0.1, 0.15) is 370 Å². The molecule has 0 rings (SSSR count). The summed E-state index contributed by atoms with van der Waals surface area (Å²) in [6, 6.07) is 0. The summed E-state index contributed by atoms with van der Waals surface area (Å²) in [6.45, 7) is 11.8. The molecule has 6 atom stereocenters. The monoisotopic (exact) mass is 1410 g/mol. The fraction of sp³-hybridized carbons (Fsp3) is 0.896. The van der Waals surface area contributed by atoms with Gasteiger partial charge in [0.2, 0.25) is 0 Å². The molecule has 566 valence electrons. The van der Waals surface area contributed by atoms with Crippen LogP contribution in [-0.4, -0.2) is 96.7 Å². The third-order valence-corrected chi connectivity index (χ3v) is 19.5. The lowest BCUT2D eigenvalue weighted by Crippen LogP contribution is -2.30. The first-order valence-corrected chi connectivity index (χ1v) is 42.2. The lowest BCUT2D eigenvalue weighted by atomic mass is 9.99. The van der Waals surface area contributed by atoms with E-state index in [-0.39, 0.29) is 25.7 Å². The molecule has 4 unspecified atom stereocenters. The Bertz CT molecular complexity index is 1970. The van der Waals surface area contributed by atoms with Crippen LogP contribution in [0.2, 0.25) is 0 Å². The van der Waals surface area contributed by atoms with Crippen molar-refractivity contribution < 1.29 is 80.2 Å². The molecule has 0 heterocycles. The number of carbonyl (C=O) groups is 4. The lowest BCUT2D eigenvalue weighted by Gasteiger charge is -2.21. The third-order valence-electron chi connectivity index (χ3n) is 17.6. The van der Waals surface area contributed by atoms with Crippen LogP contribution in [0.3, 0.4) is 0 Å². The number of phosphoric ester groups is 2. The van der Waals surface area contributed by atoms with Crippen LogP contribution in [0.15, 0.2) is 24.3 Å². The molecule has 0 aliphatic rings. The molecule has 0 fully saturated rings. The van der Waals surface area contributed by atoms with Crippen molar-refractivity contribution in [2.45, 2.75) is 388 Å². The number of esters is 4. The van der Waals surface area contributed by atoms with E-state index in [0.29, 0.717) is 25.7 Å². The number of hydrogen-bond donors (Lipinski definition) is 3. The van der Waals surface area contributed by atoms with Crippen molar-refractivity contribution in [1.82, 2.24) is 0 Å². The van der Waals surface area contributed by atoms with Gasteiger partial charge in [0.1, 0.15) is 19.3 Å². The topological polar surface area (TPSA) is 237 Å². The first-order valence-electron chi connectivity index (χ1n) is 39.2. The molecule has 0 aromatic carbocycles. The van der Waals surface area contributed by atoms with Crippen molar-refractivity contribution in [2.75, 3.05) is 39.6 Å². The van der Waals surface area contributed by atoms with E-state index in [2.05, 4.69) is 72.8 Å². The maximum absolute atomic E-state index is 13.1. The van der Waals surface area contributed by atoms with Gasteiger partial charge in [-0.2, -0.15) is 0 Å². The highest BCUT2D eigenvalue weighted by molar-refractivity contribution is 7.47. The van der Waals surface area contributed by atoms with Crippen LogP contribution < -0.4 is 0 Å². The molecule has 0 aromatic heterocycles. The Morgan fingerprint density at radius 2 is 0.615 bits per heavy atom. The third kappa shape index (κ3) is 68.7. The number of carbonyl (C=O) groups excluding carboxylic acids is 4. The number of hydrogen-bond acceptors (Lipinski definition) is 15. The standard InChI is InChI=1S/C77H146O17P2/c1-8-10-11-12-13-14-15-16-18-22-25-28-37-44-51-58-74(79)87-64-72(93-76(81)60-53-46-39-29-26-23-20-17-19-21-24-27-34-41-48-55-68(3)4)66-91-95(83,84)89-62-71(78)63-90-96(85,86)92-67-73(65-88-75(80)59-52-45-38-32-30-35-42-49-56-69(5)6)94-77(82)61-54-47-40-33-31-36-43-50-57-70(7)9-2/h14-16,18,68-73,78H,8-13,17,19-67H2,1-7H3,(H,83,84)(H,85,86)/b15-14-,18-16-/t70?,71?,72-,73-/m1/s1. The van der Waals surface area contributed by atoms with Gasteiger partial charge in [-0.15, -0.1) is 0 Å². The second-order valence-electron chi connectivity index (χ2n) is 28.3. The highest BCUT2D eigenvalue weighted by atomic mass is 31.2. The lowest BCUT2D eigenvalue weighted by molar-refractivity contribution is -0.161. The fourth-order valence-corrected chi connectivity index (χ4v) is 12.8. The highest BCUT2D eigenvalue weighted by Gasteiger charge is 2.30. The Kier molecular flexibility index (Phi) is 65.3. The SMILES string of the molecule is CCCCCC/C=C\C=C/CCCCCCCC(=O)OC[C@H](COP(=O)(O)OCC(O)COP(=O)(O)OC[C@@H](COC(=O)CCCCCCCCCCC(C)C)OC(=O)CCCCCCCCCCC(C)CC)OC(=O)CCCCCCCCCCCCCCCCCC(C)C. The van der Waals surface area contributed by atoms with Gasteiger partial charge in [-0.1, -0.05) is 317 Å². The highest BCUT2D eigenvalue weighted by Crippen LogP contribution is 2.45. The first-order chi connectivity index (χ1) is 46.3. The van der Waals surface area contributed by atoms with Crippen LogP contribution in [-0.2, 0) is 65.4 Å². The Morgan fingerprint density at radius 3 is 0.927 bits per heavy atom. The molecule has 0 spiro atoms. The molecule has 0 aliphatic heterocycles. The zero-order chi connectivity index (χ0) is 70.9. The average Bonchev–Trinajstić information content (AvgIpc) is 1.84. The number of ether oxygens (including phenoxy) is 4. The summed E-state index contributed by atoms with van der Waals surface area (Å²) in [5.41, 5.74) is 0. The zero-order valence-electron chi connectivity index (χ0n) is 62.3. The van der Waals surface area contributed by atoms with E-state index < -0.39 is 97.5 Å². The predicted molar refractivity (Wildman–Crippen MR) is 390 cm³/mol. The number of aliphatic hydroxyl groups is 1. The number of unbranched alkanes of at least 4 members (excludes halogenated alkanes) is 37. The van der Waals surface area contributed by atoms with Gasteiger partial charge in [0, 0.05) is 25.7 Å². The van der Waals surface area contributed by atoms with Crippen molar-refractivity contribution in [3.63, 3.8) is 0 Å². The molecule has 0 saturated heterocycles. The van der Waals surface area contributed by atoms with Gasteiger partial charge in [-0.25, -0.2) is 9.13 Å². The van der Waals surface area contributed by atoms with Gasteiger partial charge in [0.15, 0.2) is 12.2 Å². The van der Waals surface area contributed by atoms with E-state index in [4.69, 9.17) is 37.0 Å². The van der Waals surface area contributed by atoms with Gasteiger partial charge in [0.25, 0.3) is 0 Å². The summed E-state index contributed by atoms with van der Waals surface area (Å²) in [4.78, 5) is 72.8. The van der Waals surface area contributed by atoms with Crippen LogP contribution in [0.5, 0.6) is 0 Å². The van der Waals surface area contributed by atoms with E-state index in [0.717, 1.165) is 127 Å². The van der Waals surface area contributed by atoms with E-state index >= 15 is 0 Å². The van der Waals surface area contributed by atoms with Crippen LogP contribution in [0.25, 0.3) is 0 Å². The summed E-state index contributed by atoms with van der Waals surface area (Å²) in [5, 5.41) is 10.6. The predicted octanol–water partition coefficient (Wildman–Crippen LogP) is 22.1. The van der Waals surface area contributed by atoms with Crippen molar-refractivity contribution in [1.29, 1.82) is 0 Å². The zero-order valence-corrected chi connectivity index (χ0v) is 64.1. The summed E-state index contributed by atoms with van der Waals surface area (Å²) in [7, 11) is -9.93. The second kappa shape index (κ2) is 67.1. The van der Waals surface area contributed by atoms with Crippen LogP contribution in [0, 0.1) is 17.8 Å². The van der Waals surface area contributed by atoms with Gasteiger partial charge in [0.05, 0.1) is 26.4 Å². The molecule has 96 heavy (non-hydrogen) atoms. The van der Waals surface area contributed by atoms with Crippen LogP contribution in [0.4, 0.5) is 0 Å². The van der Waals surface area contributed by atoms with E-state index in [9.17, 15) is 43.2 Å². The fourth-order valence-electron chi connectivity index (χ4n) is 11.2. The number of allylic oxidation sites excluding steroid dienone is 4. The summed E-state index contributed by atoms with van der Waals surface area (Å²) in [6.07, 6.45) is 56.3. The smallest absolute Gasteiger partial charge is 0.462 e. The van der Waals surface area contributed by atoms with Gasteiger partial charge in [-0.3, -0.25) is 37.3 Å². The maximum atomic E-state index is 13.1. The normalized spacial score (nSPS) is 14.5. The van der Waals surface area contributed by atoms with E-state index in [1.807, 2.05) is 0 Å². The number of rotatable bonds is 73. The quantitative estimate of drug-likeness (QED) is 0.0169. The van der Waals surface area contributed by atoms with Crippen molar-refractivity contribution in [3.8, 4) is 0 Å².